The molecule has 3 aromatic rings. The van der Waals surface area contributed by atoms with Crippen LogP contribution in [0.1, 0.15) is 0 Å². The lowest BCUT2D eigenvalue weighted by molar-refractivity contribution is 0.903. The van der Waals surface area contributed by atoms with Gasteiger partial charge in [-0.3, -0.25) is 0 Å². The summed E-state index contributed by atoms with van der Waals surface area (Å²) in [4.78, 5) is 4.33. The summed E-state index contributed by atoms with van der Waals surface area (Å²) in [6.07, 6.45) is 1.71. The van der Waals surface area contributed by atoms with Crippen LogP contribution in [0.2, 0.25) is 5.02 Å². The minimum absolute atomic E-state index is 0.429. The Hall–Kier alpha value is -1.59. The topological polar surface area (TPSA) is 56.7 Å². The number of aromatic nitrogens is 3. The van der Waals surface area contributed by atoms with Crippen LogP contribution in [0.5, 0.6) is 0 Å². The van der Waals surface area contributed by atoms with Gasteiger partial charge in [0.25, 0.3) is 0 Å². The molecule has 90 valence electrons. The lowest BCUT2D eigenvalue weighted by Crippen LogP contribution is -1.99. The zero-order valence-corrected chi connectivity index (χ0v) is 11.5. The van der Waals surface area contributed by atoms with Crippen molar-refractivity contribution < 1.29 is 0 Å². The number of hydrogen-bond donors (Lipinski definition) is 1. The molecule has 3 rings (SSSR count). The molecule has 0 aliphatic heterocycles. The van der Waals surface area contributed by atoms with Gasteiger partial charge in [-0.2, -0.15) is 0 Å². The summed E-state index contributed by atoms with van der Waals surface area (Å²) in [7, 11) is 0. The fourth-order valence-corrected chi connectivity index (χ4v) is 2.34. The van der Waals surface area contributed by atoms with Crippen LogP contribution >= 0.6 is 27.5 Å². The van der Waals surface area contributed by atoms with Gasteiger partial charge in [-0.05, 0) is 34.1 Å². The monoisotopic (exact) mass is 322 g/mol. The largest absolute Gasteiger partial charge is 0.382 e. The van der Waals surface area contributed by atoms with Crippen molar-refractivity contribution in [3.63, 3.8) is 0 Å². The summed E-state index contributed by atoms with van der Waals surface area (Å²) in [5.41, 5.74) is 7.34. The predicted octanol–water partition coefficient (Wildman–Crippen LogP) is 3.42. The molecule has 18 heavy (non-hydrogen) atoms. The van der Waals surface area contributed by atoms with Gasteiger partial charge < -0.3 is 5.73 Å². The van der Waals surface area contributed by atoms with Gasteiger partial charge in [0.05, 0.1) is 16.1 Å². The first-order chi connectivity index (χ1) is 8.66. The second-order valence-corrected chi connectivity index (χ2v) is 5.10. The standard InChI is InChI=1S/C12H8BrClN4/c13-7-5-8-11(15)17-18(12(8)16-6-7)10-4-2-1-3-9(10)14/h1-6H,(H2,15,17). The molecule has 0 atom stereocenters. The number of fused-ring (bicyclic) bond motifs is 1. The van der Waals surface area contributed by atoms with E-state index in [1.165, 1.54) is 0 Å². The molecule has 0 amide bonds. The van der Waals surface area contributed by atoms with Crippen LogP contribution < -0.4 is 5.73 Å². The molecule has 1 aromatic carbocycles. The smallest absolute Gasteiger partial charge is 0.165 e. The fraction of sp³-hybridized carbons (Fsp3) is 0. The van der Waals surface area contributed by atoms with E-state index in [0.29, 0.717) is 16.5 Å². The summed E-state index contributed by atoms with van der Waals surface area (Å²) in [6, 6.07) is 9.32. The van der Waals surface area contributed by atoms with E-state index in [-0.39, 0.29) is 0 Å². The molecule has 0 unspecified atom stereocenters. The number of benzene rings is 1. The van der Waals surface area contributed by atoms with Crippen molar-refractivity contribution >= 4 is 44.4 Å². The molecule has 0 aliphatic rings. The molecule has 0 spiro atoms. The molecule has 0 bridgehead atoms. The molecule has 0 saturated heterocycles. The van der Waals surface area contributed by atoms with Crippen LogP contribution in [0.4, 0.5) is 5.82 Å². The van der Waals surface area contributed by atoms with Crippen LogP contribution in [0.25, 0.3) is 16.7 Å². The molecule has 0 fully saturated rings. The SMILES string of the molecule is Nc1nn(-c2ccccc2Cl)c2ncc(Br)cc12. The molecule has 2 N–H and O–H groups in total. The van der Waals surface area contributed by atoms with E-state index in [9.17, 15) is 0 Å². The van der Waals surface area contributed by atoms with Crippen LogP contribution in [0.15, 0.2) is 41.0 Å². The third kappa shape index (κ3) is 1.76. The number of halogens is 2. The van der Waals surface area contributed by atoms with Gasteiger partial charge in [0, 0.05) is 10.7 Å². The van der Waals surface area contributed by atoms with Gasteiger partial charge in [0.2, 0.25) is 0 Å². The van der Waals surface area contributed by atoms with E-state index < -0.39 is 0 Å². The van der Waals surface area contributed by atoms with Crippen molar-refractivity contribution in [2.24, 2.45) is 0 Å². The average Bonchev–Trinajstić information content (AvgIpc) is 2.67. The van der Waals surface area contributed by atoms with Crippen molar-refractivity contribution in [1.29, 1.82) is 0 Å². The Kier molecular flexibility index (Phi) is 2.72. The highest BCUT2D eigenvalue weighted by Gasteiger charge is 2.13. The predicted molar refractivity (Wildman–Crippen MR) is 76.0 cm³/mol. The third-order valence-electron chi connectivity index (χ3n) is 2.60. The van der Waals surface area contributed by atoms with Gasteiger partial charge in [-0.15, -0.1) is 5.10 Å². The van der Waals surface area contributed by atoms with Gasteiger partial charge >= 0.3 is 0 Å². The molecular formula is C12H8BrClN4. The molecule has 0 aliphatic carbocycles. The Morgan fingerprint density at radius 2 is 2.06 bits per heavy atom. The number of para-hydroxylation sites is 1. The van der Waals surface area contributed by atoms with E-state index in [1.54, 1.807) is 16.9 Å². The molecule has 0 radical (unpaired) electrons. The zero-order valence-electron chi connectivity index (χ0n) is 9.14. The Bertz CT molecular complexity index is 738. The second kappa shape index (κ2) is 4.26. The second-order valence-electron chi connectivity index (χ2n) is 3.77. The van der Waals surface area contributed by atoms with Gasteiger partial charge in [-0.1, -0.05) is 23.7 Å². The summed E-state index contributed by atoms with van der Waals surface area (Å²) in [5, 5.41) is 5.69. The Morgan fingerprint density at radius 1 is 1.28 bits per heavy atom. The molecule has 2 heterocycles. The van der Waals surface area contributed by atoms with Crippen molar-refractivity contribution in [2.75, 3.05) is 5.73 Å². The van der Waals surface area contributed by atoms with E-state index in [0.717, 1.165) is 15.5 Å². The van der Waals surface area contributed by atoms with E-state index in [4.69, 9.17) is 17.3 Å². The first-order valence-electron chi connectivity index (χ1n) is 5.21. The van der Waals surface area contributed by atoms with Crippen molar-refractivity contribution in [2.45, 2.75) is 0 Å². The van der Waals surface area contributed by atoms with Crippen LogP contribution in [-0.4, -0.2) is 14.8 Å². The van der Waals surface area contributed by atoms with Gasteiger partial charge in [0.15, 0.2) is 11.5 Å². The number of nitrogens with two attached hydrogens (primary N) is 1. The highest BCUT2D eigenvalue weighted by Crippen LogP contribution is 2.27. The molecule has 2 aromatic heterocycles. The first-order valence-corrected chi connectivity index (χ1v) is 6.38. The Morgan fingerprint density at radius 3 is 2.83 bits per heavy atom. The first kappa shape index (κ1) is 11.5. The van der Waals surface area contributed by atoms with Crippen molar-refractivity contribution in [3.05, 3.63) is 46.0 Å². The number of nitrogen functional groups attached to an aromatic ring is 1. The van der Waals surface area contributed by atoms with Crippen molar-refractivity contribution in [3.8, 4) is 5.69 Å². The Labute approximate surface area is 117 Å². The molecule has 6 heteroatoms. The highest BCUT2D eigenvalue weighted by molar-refractivity contribution is 9.10. The third-order valence-corrected chi connectivity index (χ3v) is 3.35. The van der Waals surface area contributed by atoms with Crippen LogP contribution in [0, 0.1) is 0 Å². The summed E-state index contributed by atoms with van der Waals surface area (Å²) >= 11 is 9.53. The van der Waals surface area contributed by atoms with E-state index in [1.807, 2.05) is 24.3 Å². The van der Waals surface area contributed by atoms with Crippen LogP contribution in [0.3, 0.4) is 0 Å². The summed E-state index contributed by atoms with van der Waals surface area (Å²) in [5.74, 6) is 0.429. The average molecular weight is 324 g/mol. The quantitative estimate of drug-likeness (QED) is 0.746. The minimum Gasteiger partial charge on any atom is -0.382 e. The van der Waals surface area contributed by atoms with Crippen molar-refractivity contribution in [1.82, 2.24) is 14.8 Å². The Balaban J connectivity index is 2.34. The van der Waals surface area contributed by atoms with E-state index in [2.05, 4.69) is 26.0 Å². The maximum atomic E-state index is 6.16. The fourth-order valence-electron chi connectivity index (χ4n) is 1.79. The van der Waals surface area contributed by atoms with E-state index >= 15 is 0 Å². The summed E-state index contributed by atoms with van der Waals surface area (Å²) in [6.45, 7) is 0. The lowest BCUT2D eigenvalue weighted by atomic mass is 10.3. The lowest BCUT2D eigenvalue weighted by Gasteiger charge is -2.04. The van der Waals surface area contributed by atoms with Crippen LogP contribution in [-0.2, 0) is 0 Å². The minimum atomic E-state index is 0.429. The summed E-state index contributed by atoms with van der Waals surface area (Å²) < 4.78 is 2.51. The van der Waals surface area contributed by atoms with Gasteiger partial charge in [0.1, 0.15) is 0 Å². The molecule has 4 nitrogen and oxygen atoms in total. The maximum absolute atomic E-state index is 6.16. The number of rotatable bonds is 1. The zero-order chi connectivity index (χ0) is 12.7. The molecular weight excluding hydrogens is 316 g/mol. The number of nitrogens with zero attached hydrogens (tertiary/aromatic N) is 3. The molecule has 0 saturated carbocycles. The number of hydrogen-bond acceptors (Lipinski definition) is 3. The number of pyridine rings is 1. The highest BCUT2D eigenvalue weighted by atomic mass is 79.9. The normalized spacial score (nSPS) is 11.0. The maximum Gasteiger partial charge on any atom is 0.165 e. The van der Waals surface area contributed by atoms with Gasteiger partial charge in [-0.25, -0.2) is 9.67 Å². The number of anilines is 1.